The molecule has 0 saturated carbocycles. The lowest BCUT2D eigenvalue weighted by Crippen LogP contribution is -2.50. The summed E-state index contributed by atoms with van der Waals surface area (Å²) in [5.74, 6) is 0.926. The van der Waals surface area contributed by atoms with Crippen LogP contribution >= 0.6 is 15.9 Å². The van der Waals surface area contributed by atoms with Gasteiger partial charge in [-0.1, -0.05) is 88.7 Å². The van der Waals surface area contributed by atoms with Crippen molar-refractivity contribution in [1.82, 2.24) is 10.2 Å². The molecule has 0 saturated heterocycles. The van der Waals surface area contributed by atoms with Crippen LogP contribution in [-0.4, -0.2) is 67.7 Å². The van der Waals surface area contributed by atoms with Crippen molar-refractivity contribution in [3.63, 3.8) is 0 Å². The van der Waals surface area contributed by atoms with Gasteiger partial charge in [0.25, 0.3) is 5.91 Å². The van der Waals surface area contributed by atoms with Crippen molar-refractivity contribution < 1.29 is 19.4 Å². The van der Waals surface area contributed by atoms with Crippen LogP contribution in [0.4, 0.5) is 0 Å². The van der Waals surface area contributed by atoms with Crippen molar-refractivity contribution >= 4 is 27.7 Å². The summed E-state index contributed by atoms with van der Waals surface area (Å²) in [5, 5.41) is 12.3. The number of aliphatic hydroxyl groups excluding tert-OH is 1. The van der Waals surface area contributed by atoms with Gasteiger partial charge >= 0.3 is 0 Å². The third-order valence-electron chi connectivity index (χ3n) is 7.84. The molecule has 0 aromatic heterocycles. The fourth-order valence-electron chi connectivity index (χ4n) is 5.45. The van der Waals surface area contributed by atoms with Crippen molar-refractivity contribution in [3.05, 3.63) is 124 Å². The number of aliphatic imine (C=N–C) groups is 1. The highest BCUT2D eigenvalue weighted by atomic mass is 79.9. The predicted octanol–water partition coefficient (Wildman–Crippen LogP) is 6.44. The molecule has 1 amide bonds. The maximum atomic E-state index is 14.4. The van der Waals surface area contributed by atoms with Crippen LogP contribution in [0.1, 0.15) is 35.6 Å². The lowest BCUT2D eigenvalue weighted by molar-refractivity contribution is -0.128. The molecule has 0 unspecified atom stereocenters. The van der Waals surface area contributed by atoms with Crippen molar-refractivity contribution in [2.75, 3.05) is 40.4 Å². The number of amides is 1. The average molecular weight is 671 g/mol. The molecule has 8 heteroatoms. The lowest BCUT2D eigenvalue weighted by Gasteiger charge is -2.31. The summed E-state index contributed by atoms with van der Waals surface area (Å²) in [5.41, 5.74) is 3.53. The Kier molecular flexibility index (Phi) is 11.1. The summed E-state index contributed by atoms with van der Waals surface area (Å²) in [6.45, 7) is 1.89. The lowest BCUT2D eigenvalue weighted by atomic mass is 9.81. The number of hydrogen-bond acceptors (Lipinski definition) is 6. The molecule has 5 rings (SSSR count). The molecular formula is C37H40BrN3O4. The fourth-order valence-corrected chi connectivity index (χ4v) is 5.87. The maximum Gasteiger partial charge on any atom is 0.252 e. The quantitative estimate of drug-likeness (QED) is 0.151. The molecule has 0 aliphatic carbocycles. The molecule has 0 spiro atoms. The molecule has 0 radical (unpaired) electrons. The average Bonchev–Trinajstić information content (AvgIpc) is 3.45. The number of nitrogens with zero attached hydrogens (tertiary/aromatic N) is 2. The van der Waals surface area contributed by atoms with Gasteiger partial charge in [-0.15, -0.1) is 0 Å². The summed E-state index contributed by atoms with van der Waals surface area (Å²) in [7, 11) is 4.05. The van der Waals surface area contributed by atoms with E-state index in [9.17, 15) is 4.79 Å². The molecule has 0 fully saturated rings. The molecule has 0 bridgehead atoms. The molecule has 2 N–H and O–H groups in total. The first-order valence-electron chi connectivity index (χ1n) is 15.3. The highest BCUT2D eigenvalue weighted by Crippen LogP contribution is 2.43. The Morgan fingerprint density at radius 3 is 2.27 bits per heavy atom. The first-order chi connectivity index (χ1) is 21.9. The number of benzene rings is 4. The smallest absolute Gasteiger partial charge is 0.252 e. The topological polar surface area (TPSA) is 83.4 Å². The minimum Gasteiger partial charge on any atom is -0.494 e. The highest BCUT2D eigenvalue weighted by Gasteiger charge is 2.53. The van der Waals surface area contributed by atoms with Crippen LogP contribution in [0.25, 0.3) is 11.1 Å². The molecule has 45 heavy (non-hydrogen) atoms. The maximum absolute atomic E-state index is 14.4. The number of ether oxygens (including phenoxy) is 2. The van der Waals surface area contributed by atoms with E-state index in [0.29, 0.717) is 37.6 Å². The predicted molar refractivity (Wildman–Crippen MR) is 183 cm³/mol. The molecule has 4 aromatic rings. The van der Waals surface area contributed by atoms with E-state index in [4.69, 9.17) is 19.6 Å². The van der Waals surface area contributed by atoms with Gasteiger partial charge < -0.3 is 24.8 Å². The molecule has 1 aliphatic rings. The van der Waals surface area contributed by atoms with Gasteiger partial charge in [-0.3, -0.25) is 4.79 Å². The van der Waals surface area contributed by atoms with E-state index in [0.717, 1.165) is 45.3 Å². The summed E-state index contributed by atoms with van der Waals surface area (Å²) in [6, 6.07) is 33.9. The minimum absolute atomic E-state index is 0.0767. The van der Waals surface area contributed by atoms with Gasteiger partial charge in [-0.05, 0) is 79.6 Å². The van der Waals surface area contributed by atoms with Crippen LogP contribution in [0.5, 0.6) is 5.75 Å². The Morgan fingerprint density at radius 2 is 1.58 bits per heavy atom. The summed E-state index contributed by atoms with van der Waals surface area (Å²) < 4.78 is 13.3. The van der Waals surface area contributed by atoms with E-state index in [-0.39, 0.29) is 12.5 Å². The first-order valence-corrected chi connectivity index (χ1v) is 16.1. The van der Waals surface area contributed by atoms with Crippen LogP contribution in [0.15, 0.2) is 113 Å². The van der Waals surface area contributed by atoms with Gasteiger partial charge in [0.1, 0.15) is 5.75 Å². The largest absolute Gasteiger partial charge is 0.494 e. The Morgan fingerprint density at radius 1 is 0.911 bits per heavy atom. The van der Waals surface area contributed by atoms with E-state index in [2.05, 4.69) is 50.4 Å². The number of halogens is 1. The standard InChI is InChI=1S/C37H40BrN3O4/c1-41(2)23-8-22-39-36(43)37(26-31-12-6-7-13-33(31)38)34(29-16-14-28(15-17-29)27-10-4-3-5-11-27)45-35(40-37)30-18-20-32(21-19-30)44-25-9-24-42/h3-7,10-21,34,42H,8-9,22-26H2,1-2H3,(H,39,43)/t34-,37-/m1/s1. The zero-order valence-corrected chi connectivity index (χ0v) is 27.4. The van der Waals surface area contributed by atoms with Gasteiger partial charge in [0, 0.05) is 36.0 Å². The monoisotopic (exact) mass is 669 g/mol. The third kappa shape index (κ3) is 8.00. The third-order valence-corrected chi connectivity index (χ3v) is 8.61. The van der Waals surface area contributed by atoms with Gasteiger partial charge in [-0.25, -0.2) is 4.99 Å². The first kappa shape index (κ1) is 32.4. The molecule has 234 valence electrons. The van der Waals surface area contributed by atoms with Crippen molar-refractivity contribution in [3.8, 4) is 16.9 Å². The fraction of sp³-hybridized carbons (Fsp3) is 0.297. The van der Waals surface area contributed by atoms with Crippen LogP contribution in [0, 0.1) is 0 Å². The second-order valence-electron chi connectivity index (χ2n) is 11.5. The molecule has 2 atom stereocenters. The van der Waals surface area contributed by atoms with Gasteiger partial charge in [0.05, 0.1) is 6.61 Å². The van der Waals surface area contributed by atoms with Crippen molar-refractivity contribution in [1.29, 1.82) is 0 Å². The number of nitrogens with one attached hydrogen (secondary N) is 1. The zero-order valence-electron chi connectivity index (χ0n) is 25.8. The van der Waals surface area contributed by atoms with E-state index in [1.807, 2.05) is 93.0 Å². The second-order valence-corrected chi connectivity index (χ2v) is 12.3. The van der Waals surface area contributed by atoms with Crippen LogP contribution in [0.2, 0.25) is 0 Å². The van der Waals surface area contributed by atoms with Crippen LogP contribution in [-0.2, 0) is 16.0 Å². The number of carbonyl (C=O) groups is 1. The van der Waals surface area contributed by atoms with Gasteiger partial charge in [-0.2, -0.15) is 0 Å². The molecule has 1 aliphatic heterocycles. The summed E-state index contributed by atoms with van der Waals surface area (Å²) in [4.78, 5) is 21.7. The van der Waals surface area contributed by atoms with Crippen molar-refractivity contribution in [2.45, 2.75) is 30.9 Å². The van der Waals surface area contributed by atoms with E-state index in [1.165, 1.54) is 0 Å². The van der Waals surface area contributed by atoms with Crippen LogP contribution < -0.4 is 10.1 Å². The van der Waals surface area contributed by atoms with E-state index < -0.39 is 11.6 Å². The number of hydrogen-bond donors (Lipinski definition) is 2. The molecular weight excluding hydrogens is 630 g/mol. The molecule has 1 heterocycles. The van der Waals surface area contributed by atoms with Gasteiger partial charge in [0.2, 0.25) is 5.90 Å². The Hall–Kier alpha value is -3.98. The Bertz CT molecular complexity index is 1580. The number of aliphatic hydroxyl groups is 1. The van der Waals surface area contributed by atoms with Gasteiger partial charge in [0.15, 0.2) is 11.6 Å². The SMILES string of the molecule is CN(C)CCCNC(=O)[C@]1(Cc2ccccc2Br)N=C(c2ccc(OCCCO)cc2)O[C@@H]1c1ccc(-c2ccccc2)cc1. The summed E-state index contributed by atoms with van der Waals surface area (Å²) in [6.07, 6.45) is 1.04. The second kappa shape index (κ2) is 15.3. The van der Waals surface area contributed by atoms with Crippen molar-refractivity contribution in [2.24, 2.45) is 4.99 Å². The highest BCUT2D eigenvalue weighted by molar-refractivity contribution is 9.10. The number of carbonyl (C=O) groups excluding carboxylic acids is 1. The Balaban J connectivity index is 1.54. The molecule has 4 aromatic carbocycles. The van der Waals surface area contributed by atoms with Crippen LogP contribution in [0.3, 0.4) is 0 Å². The summed E-state index contributed by atoms with van der Waals surface area (Å²) >= 11 is 3.71. The Labute approximate surface area is 274 Å². The molecule has 7 nitrogen and oxygen atoms in total. The van der Waals surface area contributed by atoms with E-state index >= 15 is 0 Å². The van der Waals surface area contributed by atoms with E-state index in [1.54, 1.807) is 0 Å². The normalized spacial score (nSPS) is 17.5. The zero-order chi connectivity index (χ0) is 31.6. The minimum atomic E-state index is -1.26. The number of rotatable bonds is 14.